The highest BCUT2D eigenvalue weighted by Gasteiger charge is 2.54. The van der Waals surface area contributed by atoms with Crippen LogP contribution in [0.3, 0.4) is 0 Å². The van der Waals surface area contributed by atoms with Gasteiger partial charge >= 0.3 is 0 Å². The third-order valence-electron chi connectivity index (χ3n) is 6.58. The van der Waals surface area contributed by atoms with E-state index in [2.05, 4.69) is 9.89 Å². The van der Waals surface area contributed by atoms with Gasteiger partial charge in [0.1, 0.15) is 0 Å². The second-order valence-corrected chi connectivity index (χ2v) is 11.8. The maximum Gasteiger partial charge on any atom is 0.252 e. The lowest BCUT2D eigenvalue weighted by Gasteiger charge is -2.36. The molecule has 7 heteroatoms. The van der Waals surface area contributed by atoms with Crippen LogP contribution in [0.1, 0.15) is 31.2 Å². The number of nitrogens with zero attached hydrogens (tertiary/aromatic N) is 2. The van der Waals surface area contributed by atoms with Gasteiger partial charge in [-0.3, -0.25) is 4.79 Å². The van der Waals surface area contributed by atoms with E-state index in [0.717, 1.165) is 23.1 Å². The summed E-state index contributed by atoms with van der Waals surface area (Å²) in [4.78, 5) is 19.3. The number of amidine groups is 1. The Kier molecular flexibility index (Phi) is 4.35. The van der Waals surface area contributed by atoms with Gasteiger partial charge in [0.2, 0.25) is 0 Å². The van der Waals surface area contributed by atoms with Crippen LogP contribution < -0.4 is 0 Å². The van der Waals surface area contributed by atoms with Gasteiger partial charge in [-0.2, -0.15) is 4.99 Å². The van der Waals surface area contributed by atoms with Gasteiger partial charge in [-0.1, -0.05) is 48.5 Å². The Morgan fingerprint density at radius 2 is 1.93 bits per heavy atom. The smallest absolute Gasteiger partial charge is 0.252 e. The van der Waals surface area contributed by atoms with E-state index in [1.165, 1.54) is 31.0 Å². The van der Waals surface area contributed by atoms with Crippen molar-refractivity contribution >= 4 is 32.7 Å². The van der Waals surface area contributed by atoms with E-state index in [-0.39, 0.29) is 28.7 Å². The largest absolute Gasteiger partial charge is 0.343 e. The number of benzene rings is 1. The quantitative estimate of drug-likeness (QED) is 0.774. The number of hydrogen-bond acceptors (Lipinski definition) is 4. The number of carbonyl (C=O) groups is 1. The summed E-state index contributed by atoms with van der Waals surface area (Å²) in [5.41, 5.74) is 0.962. The lowest BCUT2D eigenvalue weighted by Crippen LogP contribution is -2.47. The molecular weight excluding hydrogens is 380 g/mol. The van der Waals surface area contributed by atoms with Crippen molar-refractivity contribution in [2.24, 2.45) is 16.8 Å². The third-order valence-corrected chi connectivity index (χ3v) is 9.81. The van der Waals surface area contributed by atoms with E-state index < -0.39 is 9.84 Å². The molecule has 0 N–H and O–H groups in total. The summed E-state index contributed by atoms with van der Waals surface area (Å²) in [6, 6.07) is 10.0. The molecule has 0 unspecified atom stereocenters. The Hall–Kier alpha value is -1.34. The van der Waals surface area contributed by atoms with Gasteiger partial charge in [-0.15, -0.1) is 0 Å². The number of fused-ring (bicyclic) bond motifs is 3. The van der Waals surface area contributed by atoms with E-state index >= 15 is 0 Å². The summed E-state index contributed by atoms with van der Waals surface area (Å²) in [6.07, 6.45) is 5.20. The number of thioether (sulfide) groups is 1. The molecule has 27 heavy (non-hydrogen) atoms. The maximum absolute atomic E-state index is 12.6. The summed E-state index contributed by atoms with van der Waals surface area (Å²) in [5, 5.41) is 0.802. The zero-order chi connectivity index (χ0) is 18.6. The summed E-state index contributed by atoms with van der Waals surface area (Å²) < 4.78 is 24.4. The van der Waals surface area contributed by atoms with E-state index in [0.29, 0.717) is 18.4 Å². The molecule has 0 radical (unpaired) electrons. The number of rotatable bonds is 3. The van der Waals surface area contributed by atoms with Gasteiger partial charge in [0.05, 0.1) is 24.0 Å². The highest BCUT2D eigenvalue weighted by Crippen LogP contribution is 2.51. The SMILES string of the molecule is O=C(Cc1ccccc1)N=C1S[C@@H]2CS(=O)(=O)C[C@H]2N1[C@@H]1C[C@H]2CC[C@H]1C2. The van der Waals surface area contributed by atoms with Gasteiger partial charge in [-0.05, 0) is 36.7 Å². The van der Waals surface area contributed by atoms with Gasteiger partial charge in [0.25, 0.3) is 5.91 Å². The molecule has 2 bridgehead atoms. The molecule has 144 valence electrons. The Morgan fingerprint density at radius 1 is 1.11 bits per heavy atom. The van der Waals surface area contributed by atoms with E-state index in [9.17, 15) is 13.2 Å². The summed E-state index contributed by atoms with van der Waals surface area (Å²) in [6.45, 7) is 0. The fourth-order valence-electron chi connectivity index (χ4n) is 5.45. The highest BCUT2D eigenvalue weighted by atomic mass is 32.2. The minimum absolute atomic E-state index is 0.00683. The Balaban J connectivity index is 1.41. The first-order valence-electron chi connectivity index (χ1n) is 9.79. The molecule has 1 amide bonds. The molecule has 5 nitrogen and oxygen atoms in total. The van der Waals surface area contributed by atoms with Crippen molar-refractivity contribution in [3.05, 3.63) is 35.9 Å². The summed E-state index contributed by atoms with van der Waals surface area (Å²) in [5.74, 6) is 1.69. The van der Waals surface area contributed by atoms with Gasteiger partial charge in [0.15, 0.2) is 15.0 Å². The molecule has 2 saturated carbocycles. The zero-order valence-corrected chi connectivity index (χ0v) is 16.8. The molecule has 5 atom stereocenters. The van der Waals surface area contributed by atoms with E-state index in [1.807, 2.05) is 30.3 Å². The van der Waals surface area contributed by atoms with Crippen molar-refractivity contribution in [1.82, 2.24) is 4.90 Å². The monoisotopic (exact) mass is 404 g/mol. The number of sulfone groups is 1. The molecule has 4 fully saturated rings. The molecule has 5 rings (SSSR count). The predicted octanol–water partition coefficient (Wildman–Crippen LogP) is 2.51. The van der Waals surface area contributed by atoms with Gasteiger partial charge < -0.3 is 4.90 Å². The van der Waals surface area contributed by atoms with Crippen molar-refractivity contribution < 1.29 is 13.2 Å². The van der Waals surface area contributed by atoms with Crippen LogP contribution in [0.4, 0.5) is 0 Å². The third kappa shape index (κ3) is 3.33. The molecule has 0 spiro atoms. The van der Waals surface area contributed by atoms with Crippen LogP contribution in [0, 0.1) is 11.8 Å². The number of amides is 1. The molecule has 2 aliphatic heterocycles. The van der Waals surface area contributed by atoms with Crippen LogP contribution >= 0.6 is 11.8 Å². The molecule has 1 aromatic rings. The van der Waals surface area contributed by atoms with E-state index in [4.69, 9.17) is 0 Å². The van der Waals surface area contributed by atoms with Crippen molar-refractivity contribution in [2.75, 3.05) is 11.5 Å². The first-order valence-corrected chi connectivity index (χ1v) is 12.5. The van der Waals surface area contributed by atoms with Crippen LogP contribution in [0.15, 0.2) is 35.3 Å². The van der Waals surface area contributed by atoms with Crippen LogP contribution in [0.25, 0.3) is 0 Å². The maximum atomic E-state index is 12.6. The lowest BCUT2D eigenvalue weighted by atomic mass is 9.93. The minimum Gasteiger partial charge on any atom is -0.343 e. The van der Waals surface area contributed by atoms with Crippen LogP contribution in [0.5, 0.6) is 0 Å². The topological polar surface area (TPSA) is 66.8 Å². The summed E-state index contributed by atoms with van der Waals surface area (Å²) >= 11 is 1.52. The van der Waals surface area contributed by atoms with Crippen LogP contribution in [0.2, 0.25) is 0 Å². The number of hydrogen-bond donors (Lipinski definition) is 0. The number of carbonyl (C=O) groups excluding carboxylic acids is 1. The molecule has 0 aromatic heterocycles. The predicted molar refractivity (Wildman–Crippen MR) is 107 cm³/mol. The average molecular weight is 405 g/mol. The lowest BCUT2D eigenvalue weighted by molar-refractivity contribution is -0.117. The molecule has 4 aliphatic rings. The average Bonchev–Trinajstić information content (AvgIpc) is 3.35. The molecule has 1 aromatic carbocycles. The first kappa shape index (κ1) is 17.7. The highest BCUT2D eigenvalue weighted by molar-refractivity contribution is 8.15. The Bertz CT molecular complexity index is 884. The van der Waals surface area contributed by atoms with Crippen molar-refractivity contribution in [3.8, 4) is 0 Å². The zero-order valence-electron chi connectivity index (χ0n) is 15.2. The molecule has 2 aliphatic carbocycles. The van der Waals surface area contributed by atoms with Crippen LogP contribution in [-0.2, 0) is 21.1 Å². The normalized spacial score (nSPS) is 37.9. The standard InChI is InChI=1S/C20H24N2O3S2/c23-19(10-13-4-2-1-3-5-13)21-20-22(16-9-14-6-7-15(16)8-14)17-11-27(24,25)12-18(17)26-20/h1-5,14-18H,6-12H2/t14-,15-,16+,17+,18+/m0/s1. The second kappa shape index (κ2) is 6.62. The van der Waals surface area contributed by atoms with Gasteiger partial charge in [0, 0.05) is 11.3 Å². The molecular formula is C20H24N2O3S2. The Morgan fingerprint density at radius 3 is 2.63 bits per heavy atom. The van der Waals surface area contributed by atoms with Crippen LogP contribution in [-0.4, -0.2) is 53.2 Å². The van der Waals surface area contributed by atoms with Crippen molar-refractivity contribution in [3.63, 3.8) is 0 Å². The van der Waals surface area contributed by atoms with E-state index in [1.54, 1.807) is 0 Å². The van der Waals surface area contributed by atoms with Gasteiger partial charge in [-0.25, -0.2) is 8.42 Å². The minimum atomic E-state index is -2.98. The Labute approximate surface area is 164 Å². The fourth-order valence-corrected chi connectivity index (χ4v) is 9.44. The first-order chi connectivity index (χ1) is 13.0. The summed E-state index contributed by atoms with van der Waals surface area (Å²) in [7, 11) is -2.98. The number of aliphatic imine (C=N–C) groups is 1. The fraction of sp³-hybridized carbons (Fsp3) is 0.600. The van der Waals surface area contributed by atoms with Crippen molar-refractivity contribution in [2.45, 2.75) is 49.4 Å². The molecule has 2 heterocycles. The van der Waals surface area contributed by atoms with Crippen molar-refractivity contribution in [1.29, 1.82) is 0 Å². The second-order valence-electron chi connectivity index (χ2n) is 8.40. The molecule has 2 saturated heterocycles.